The van der Waals surface area contributed by atoms with Crippen molar-refractivity contribution in [3.63, 3.8) is 0 Å². The molecule has 192 valence electrons. The van der Waals surface area contributed by atoms with Crippen LogP contribution in [0, 0.1) is 0 Å². The maximum atomic E-state index is 13.7. The Hall–Kier alpha value is -3.92. The van der Waals surface area contributed by atoms with Gasteiger partial charge >= 0.3 is 0 Å². The number of hydrogen-bond donors (Lipinski definition) is 1. The molecule has 0 radical (unpaired) electrons. The molecule has 0 bridgehead atoms. The molecular formula is C26H30N2O7S. The van der Waals surface area contributed by atoms with E-state index in [1.807, 2.05) is 37.3 Å². The Morgan fingerprint density at radius 2 is 1.53 bits per heavy atom. The van der Waals surface area contributed by atoms with Crippen LogP contribution in [0.1, 0.15) is 6.92 Å². The monoisotopic (exact) mass is 514 g/mol. The zero-order chi connectivity index (χ0) is 26.0. The number of carbonyl (C=O) groups is 1. The normalized spacial score (nSPS) is 10.9. The Morgan fingerprint density at radius 3 is 2.17 bits per heavy atom. The second-order valence-corrected chi connectivity index (χ2v) is 9.33. The van der Waals surface area contributed by atoms with Gasteiger partial charge in [0, 0.05) is 6.07 Å². The number of hydrogen-bond acceptors (Lipinski definition) is 7. The summed E-state index contributed by atoms with van der Waals surface area (Å²) >= 11 is 0. The molecular weight excluding hydrogens is 484 g/mol. The van der Waals surface area contributed by atoms with Crippen LogP contribution in [-0.4, -0.2) is 54.8 Å². The van der Waals surface area contributed by atoms with Crippen molar-refractivity contribution in [2.45, 2.75) is 11.8 Å². The summed E-state index contributed by atoms with van der Waals surface area (Å²) in [4.78, 5) is 12.7. The van der Waals surface area contributed by atoms with Crippen LogP contribution in [0.2, 0.25) is 0 Å². The number of para-hydroxylation sites is 1. The van der Waals surface area contributed by atoms with Crippen molar-refractivity contribution in [3.05, 3.63) is 72.8 Å². The highest BCUT2D eigenvalue weighted by Crippen LogP contribution is 2.32. The number of anilines is 1. The van der Waals surface area contributed by atoms with E-state index >= 15 is 0 Å². The summed E-state index contributed by atoms with van der Waals surface area (Å²) in [5.74, 6) is 1.43. The average molecular weight is 515 g/mol. The first-order chi connectivity index (χ1) is 17.4. The van der Waals surface area contributed by atoms with Gasteiger partial charge in [-0.2, -0.15) is 0 Å². The fourth-order valence-electron chi connectivity index (χ4n) is 3.36. The Balaban J connectivity index is 1.80. The molecule has 36 heavy (non-hydrogen) atoms. The molecule has 0 saturated heterocycles. The number of carbonyl (C=O) groups excluding carboxylic acids is 1. The minimum absolute atomic E-state index is 0.0470. The largest absolute Gasteiger partial charge is 0.494 e. The second-order valence-electron chi connectivity index (χ2n) is 7.47. The molecule has 3 rings (SSSR count). The number of rotatable bonds is 13. The lowest BCUT2D eigenvalue weighted by molar-refractivity contribution is -0.119. The zero-order valence-electron chi connectivity index (χ0n) is 20.5. The third-order valence-electron chi connectivity index (χ3n) is 5.10. The van der Waals surface area contributed by atoms with Gasteiger partial charge in [0.05, 0.1) is 38.0 Å². The number of benzene rings is 3. The van der Waals surface area contributed by atoms with Crippen molar-refractivity contribution in [1.82, 2.24) is 5.32 Å². The van der Waals surface area contributed by atoms with E-state index in [4.69, 9.17) is 18.9 Å². The Kier molecular flexibility index (Phi) is 9.40. The topological polar surface area (TPSA) is 103 Å². The van der Waals surface area contributed by atoms with Crippen molar-refractivity contribution in [3.8, 4) is 23.0 Å². The van der Waals surface area contributed by atoms with Crippen LogP contribution >= 0.6 is 0 Å². The average Bonchev–Trinajstić information content (AvgIpc) is 2.90. The lowest BCUT2D eigenvalue weighted by Gasteiger charge is -2.24. The van der Waals surface area contributed by atoms with Gasteiger partial charge in [0.1, 0.15) is 24.7 Å². The van der Waals surface area contributed by atoms with Crippen LogP contribution in [0.5, 0.6) is 23.0 Å². The molecule has 1 N–H and O–H groups in total. The van der Waals surface area contributed by atoms with E-state index in [9.17, 15) is 13.2 Å². The molecule has 3 aromatic carbocycles. The molecule has 0 saturated carbocycles. The highest BCUT2D eigenvalue weighted by atomic mass is 32.2. The van der Waals surface area contributed by atoms with E-state index in [2.05, 4.69) is 5.32 Å². The first-order valence-corrected chi connectivity index (χ1v) is 12.7. The molecule has 3 aromatic rings. The summed E-state index contributed by atoms with van der Waals surface area (Å²) in [6, 6.07) is 20.0. The van der Waals surface area contributed by atoms with Crippen LogP contribution in [0.15, 0.2) is 77.7 Å². The lowest BCUT2D eigenvalue weighted by atomic mass is 10.3. The Morgan fingerprint density at radius 1 is 0.861 bits per heavy atom. The van der Waals surface area contributed by atoms with E-state index in [0.717, 1.165) is 4.31 Å². The van der Waals surface area contributed by atoms with E-state index in [1.165, 1.54) is 32.4 Å². The molecule has 10 heteroatoms. The van der Waals surface area contributed by atoms with Gasteiger partial charge in [-0.1, -0.05) is 18.2 Å². The standard InChI is InChI=1S/C26H30N2O7S/c1-4-34-22-12-10-20(11-13-22)28(19-26(29)27-16-17-35-21-8-6-5-7-9-21)36(30,31)23-14-15-24(32-2)25(18-23)33-3/h5-15,18H,4,16-17,19H2,1-3H3,(H,27,29). The van der Waals surface area contributed by atoms with Gasteiger partial charge in [-0.05, 0) is 55.5 Å². The number of nitrogens with zero attached hydrogens (tertiary/aromatic N) is 1. The number of amides is 1. The van der Waals surface area contributed by atoms with Crippen LogP contribution in [0.3, 0.4) is 0 Å². The number of ether oxygens (including phenoxy) is 4. The molecule has 0 spiro atoms. The van der Waals surface area contributed by atoms with E-state index in [-0.39, 0.29) is 23.8 Å². The summed E-state index contributed by atoms with van der Waals surface area (Å²) in [6.07, 6.45) is 0. The van der Waals surface area contributed by atoms with Gasteiger partial charge in [0.15, 0.2) is 11.5 Å². The van der Waals surface area contributed by atoms with E-state index in [1.54, 1.807) is 24.3 Å². The Labute approximate surface area is 211 Å². The van der Waals surface area contributed by atoms with E-state index in [0.29, 0.717) is 29.5 Å². The second kappa shape index (κ2) is 12.7. The third kappa shape index (κ3) is 6.82. The third-order valence-corrected chi connectivity index (χ3v) is 6.87. The smallest absolute Gasteiger partial charge is 0.264 e. The van der Waals surface area contributed by atoms with Crippen LogP contribution in [0.25, 0.3) is 0 Å². The fraction of sp³-hybridized carbons (Fsp3) is 0.269. The maximum Gasteiger partial charge on any atom is 0.264 e. The molecule has 1 amide bonds. The van der Waals surface area contributed by atoms with Gasteiger partial charge in [0.25, 0.3) is 10.0 Å². The van der Waals surface area contributed by atoms with Crippen molar-refractivity contribution in [2.75, 3.05) is 44.8 Å². The maximum absolute atomic E-state index is 13.7. The molecule has 0 aromatic heterocycles. The summed E-state index contributed by atoms with van der Waals surface area (Å²) in [7, 11) is -1.26. The molecule has 9 nitrogen and oxygen atoms in total. The highest BCUT2D eigenvalue weighted by molar-refractivity contribution is 7.92. The highest BCUT2D eigenvalue weighted by Gasteiger charge is 2.28. The van der Waals surface area contributed by atoms with Gasteiger partial charge in [-0.3, -0.25) is 9.10 Å². The van der Waals surface area contributed by atoms with Gasteiger partial charge in [-0.15, -0.1) is 0 Å². The minimum Gasteiger partial charge on any atom is -0.494 e. The zero-order valence-corrected chi connectivity index (χ0v) is 21.3. The van der Waals surface area contributed by atoms with Gasteiger partial charge in [0.2, 0.25) is 5.91 Å². The SMILES string of the molecule is CCOc1ccc(N(CC(=O)NCCOc2ccccc2)S(=O)(=O)c2ccc(OC)c(OC)c2)cc1. The van der Waals surface area contributed by atoms with Gasteiger partial charge in [-0.25, -0.2) is 8.42 Å². The first-order valence-electron chi connectivity index (χ1n) is 11.3. The van der Waals surface area contributed by atoms with Crippen molar-refractivity contribution < 1.29 is 32.2 Å². The van der Waals surface area contributed by atoms with Crippen molar-refractivity contribution in [1.29, 1.82) is 0 Å². The summed E-state index contributed by atoms with van der Waals surface area (Å²) < 4.78 is 49.9. The molecule has 0 fully saturated rings. The molecule has 0 unspecified atom stereocenters. The molecule has 0 atom stereocenters. The van der Waals surface area contributed by atoms with Crippen molar-refractivity contribution in [2.24, 2.45) is 0 Å². The minimum atomic E-state index is -4.14. The Bertz CT molecular complexity index is 1230. The fourth-order valence-corrected chi connectivity index (χ4v) is 4.79. The number of methoxy groups -OCH3 is 2. The predicted octanol–water partition coefficient (Wildman–Crippen LogP) is 3.49. The summed E-state index contributed by atoms with van der Waals surface area (Å²) in [5.41, 5.74) is 0.309. The number of sulfonamides is 1. The predicted molar refractivity (Wildman–Crippen MR) is 137 cm³/mol. The molecule has 0 aliphatic heterocycles. The first kappa shape index (κ1) is 26.7. The molecule has 0 aliphatic carbocycles. The van der Waals surface area contributed by atoms with Crippen LogP contribution in [-0.2, 0) is 14.8 Å². The molecule has 0 aliphatic rings. The van der Waals surface area contributed by atoms with Crippen LogP contribution < -0.4 is 28.6 Å². The summed E-state index contributed by atoms with van der Waals surface area (Å²) in [5, 5.41) is 2.71. The summed E-state index contributed by atoms with van der Waals surface area (Å²) in [6.45, 7) is 2.34. The van der Waals surface area contributed by atoms with Crippen LogP contribution in [0.4, 0.5) is 5.69 Å². The van der Waals surface area contributed by atoms with E-state index < -0.39 is 22.5 Å². The lowest BCUT2D eigenvalue weighted by Crippen LogP contribution is -2.41. The number of nitrogens with one attached hydrogen (secondary N) is 1. The molecule has 0 heterocycles. The quantitative estimate of drug-likeness (QED) is 0.348. The van der Waals surface area contributed by atoms with Crippen molar-refractivity contribution >= 4 is 21.6 Å². The van der Waals surface area contributed by atoms with Gasteiger partial charge < -0.3 is 24.3 Å².